The topological polar surface area (TPSA) is 66.4 Å². The summed E-state index contributed by atoms with van der Waals surface area (Å²) in [4.78, 5) is 0.242. The van der Waals surface area contributed by atoms with Crippen molar-refractivity contribution in [2.24, 2.45) is 0 Å². The molecule has 0 atom stereocenters. The highest BCUT2D eigenvalue weighted by atomic mass is 32.2. The highest BCUT2D eigenvalue weighted by molar-refractivity contribution is 7.89. The number of aliphatic hydroxyl groups is 1. The quantitative estimate of drug-likeness (QED) is 0.730. The highest BCUT2D eigenvalue weighted by Crippen LogP contribution is 2.10. The van der Waals surface area contributed by atoms with E-state index < -0.39 is 10.0 Å². The molecule has 0 spiro atoms. The van der Waals surface area contributed by atoms with Crippen LogP contribution in [0.15, 0.2) is 29.2 Å². The van der Waals surface area contributed by atoms with Crippen LogP contribution in [-0.2, 0) is 16.6 Å². The second-order valence-electron chi connectivity index (χ2n) is 3.91. The Labute approximate surface area is 103 Å². The molecule has 0 saturated carbocycles. The Morgan fingerprint density at radius 1 is 1.18 bits per heavy atom. The lowest BCUT2D eigenvalue weighted by Gasteiger charge is -2.06. The summed E-state index contributed by atoms with van der Waals surface area (Å²) >= 11 is 0. The molecule has 4 nitrogen and oxygen atoms in total. The van der Waals surface area contributed by atoms with Crippen LogP contribution in [0.2, 0.25) is 0 Å². The van der Waals surface area contributed by atoms with E-state index in [1.54, 1.807) is 12.1 Å². The van der Waals surface area contributed by atoms with Crippen LogP contribution in [-0.4, -0.2) is 20.1 Å². The molecule has 0 bridgehead atoms. The first-order chi connectivity index (χ1) is 8.10. The lowest BCUT2D eigenvalue weighted by Crippen LogP contribution is -2.24. The molecular formula is C12H19NO3S. The molecule has 0 heterocycles. The van der Waals surface area contributed by atoms with Crippen molar-refractivity contribution >= 4 is 10.0 Å². The number of benzene rings is 1. The van der Waals surface area contributed by atoms with Crippen LogP contribution in [0.3, 0.4) is 0 Å². The minimum atomic E-state index is -3.40. The van der Waals surface area contributed by atoms with Crippen LogP contribution in [0, 0.1) is 0 Å². The Bertz CT molecular complexity index is 426. The highest BCUT2D eigenvalue weighted by Gasteiger charge is 2.12. The maximum Gasteiger partial charge on any atom is 0.240 e. The molecule has 0 aliphatic heterocycles. The minimum Gasteiger partial charge on any atom is -0.392 e. The van der Waals surface area contributed by atoms with Crippen molar-refractivity contribution in [1.82, 2.24) is 4.72 Å². The number of sulfonamides is 1. The summed E-state index contributed by atoms with van der Waals surface area (Å²) in [5.74, 6) is 0. The predicted molar refractivity (Wildman–Crippen MR) is 67.1 cm³/mol. The molecule has 96 valence electrons. The standard InChI is InChI=1S/C12H19NO3S/c1-2-3-4-9-13-17(15,16)12-7-5-11(10-14)6-8-12/h5-8,13-14H,2-4,9-10H2,1H3. The molecule has 5 heteroatoms. The Kier molecular flexibility index (Phi) is 5.61. The third kappa shape index (κ3) is 4.46. The van der Waals surface area contributed by atoms with Crippen LogP contribution in [0.1, 0.15) is 31.7 Å². The monoisotopic (exact) mass is 257 g/mol. The van der Waals surface area contributed by atoms with E-state index in [1.165, 1.54) is 12.1 Å². The summed E-state index contributed by atoms with van der Waals surface area (Å²) in [6.07, 6.45) is 2.93. The van der Waals surface area contributed by atoms with Crippen molar-refractivity contribution in [3.8, 4) is 0 Å². The molecule has 1 aromatic carbocycles. The second-order valence-corrected chi connectivity index (χ2v) is 5.67. The first kappa shape index (κ1) is 14.2. The van der Waals surface area contributed by atoms with Gasteiger partial charge in [-0.1, -0.05) is 31.9 Å². The molecule has 0 unspecified atom stereocenters. The van der Waals surface area contributed by atoms with Gasteiger partial charge < -0.3 is 5.11 Å². The van der Waals surface area contributed by atoms with Gasteiger partial charge in [-0.15, -0.1) is 0 Å². The maximum absolute atomic E-state index is 11.8. The summed E-state index contributed by atoms with van der Waals surface area (Å²) in [7, 11) is -3.40. The predicted octanol–water partition coefficient (Wildman–Crippen LogP) is 1.65. The first-order valence-electron chi connectivity index (χ1n) is 5.79. The van der Waals surface area contributed by atoms with Gasteiger partial charge in [0.2, 0.25) is 10.0 Å². The smallest absolute Gasteiger partial charge is 0.240 e. The van der Waals surface area contributed by atoms with Gasteiger partial charge in [-0.05, 0) is 24.1 Å². The molecule has 0 aliphatic rings. The summed E-state index contributed by atoms with van der Waals surface area (Å²) in [6.45, 7) is 2.46. The van der Waals surface area contributed by atoms with Crippen LogP contribution in [0.5, 0.6) is 0 Å². The molecular weight excluding hydrogens is 238 g/mol. The average Bonchev–Trinajstić information content (AvgIpc) is 2.35. The summed E-state index contributed by atoms with van der Waals surface area (Å²) in [6, 6.07) is 6.24. The van der Waals surface area contributed by atoms with Gasteiger partial charge in [-0.3, -0.25) is 0 Å². The Balaban J connectivity index is 2.62. The summed E-state index contributed by atoms with van der Waals surface area (Å²) < 4.78 is 26.2. The Morgan fingerprint density at radius 2 is 1.82 bits per heavy atom. The minimum absolute atomic E-state index is 0.0791. The lowest BCUT2D eigenvalue weighted by molar-refractivity contribution is 0.282. The van der Waals surface area contributed by atoms with Crippen molar-refractivity contribution in [3.05, 3.63) is 29.8 Å². The number of unbranched alkanes of at least 4 members (excludes halogenated alkanes) is 2. The van der Waals surface area contributed by atoms with E-state index in [4.69, 9.17) is 5.11 Å². The van der Waals surface area contributed by atoms with E-state index in [9.17, 15) is 8.42 Å². The zero-order valence-corrected chi connectivity index (χ0v) is 10.8. The van der Waals surface area contributed by atoms with E-state index in [-0.39, 0.29) is 11.5 Å². The van der Waals surface area contributed by atoms with Crippen molar-refractivity contribution in [1.29, 1.82) is 0 Å². The third-order valence-electron chi connectivity index (χ3n) is 2.49. The molecule has 0 amide bonds. The zero-order valence-electron chi connectivity index (χ0n) is 10.0. The van der Waals surface area contributed by atoms with E-state index in [0.717, 1.165) is 19.3 Å². The average molecular weight is 257 g/mol. The molecule has 0 aromatic heterocycles. The van der Waals surface area contributed by atoms with Crippen LogP contribution in [0.4, 0.5) is 0 Å². The van der Waals surface area contributed by atoms with Crippen LogP contribution >= 0.6 is 0 Å². The summed E-state index contributed by atoms with van der Waals surface area (Å²) in [5.41, 5.74) is 0.704. The molecule has 2 N–H and O–H groups in total. The third-order valence-corrected chi connectivity index (χ3v) is 3.97. The fourth-order valence-electron chi connectivity index (χ4n) is 1.44. The molecule has 1 aromatic rings. The van der Waals surface area contributed by atoms with E-state index >= 15 is 0 Å². The Hall–Kier alpha value is -0.910. The van der Waals surface area contributed by atoms with Gasteiger partial charge in [0.05, 0.1) is 11.5 Å². The van der Waals surface area contributed by atoms with Gasteiger partial charge in [0.25, 0.3) is 0 Å². The number of rotatable bonds is 7. The van der Waals surface area contributed by atoms with E-state index in [1.807, 2.05) is 0 Å². The van der Waals surface area contributed by atoms with Crippen molar-refractivity contribution < 1.29 is 13.5 Å². The summed E-state index contributed by atoms with van der Waals surface area (Å²) in [5, 5.41) is 8.87. The molecule has 17 heavy (non-hydrogen) atoms. The molecule has 0 saturated heterocycles. The van der Waals surface area contributed by atoms with Crippen LogP contribution < -0.4 is 4.72 Å². The normalized spacial score (nSPS) is 11.6. The zero-order chi connectivity index (χ0) is 12.7. The second kappa shape index (κ2) is 6.74. The SMILES string of the molecule is CCCCCNS(=O)(=O)c1ccc(CO)cc1. The van der Waals surface area contributed by atoms with Gasteiger partial charge in [0.1, 0.15) is 0 Å². The molecule has 0 aliphatic carbocycles. The van der Waals surface area contributed by atoms with E-state index in [2.05, 4.69) is 11.6 Å². The largest absolute Gasteiger partial charge is 0.392 e. The van der Waals surface area contributed by atoms with E-state index in [0.29, 0.717) is 12.1 Å². The lowest BCUT2D eigenvalue weighted by atomic mass is 10.2. The maximum atomic E-state index is 11.8. The fraction of sp³-hybridized carbons (Fsp3) is 0.500. The number of nitrogens with one attached hydrogen (secondary N) is 1. The van der Waals surface area contributed by atoms with Gasteiger partial charge in [0.15, 0.2) is 0 Å². The van der Waals surface area contributed by atoms with Gasteiger partial charge in [-0.25, -0.2) is 13.1 Å². The van der Waals surface area contributed by atoms with Gasteiger partial charge >= 0.3 is 0 Å². The molecule has 0 fully saturated rings. The van der Waals surface area contributed by atoms with Crippen LogP contribution in [0.25, 0.3) is 0 Å². The van der Waals surface area contributed by atoms with Crippen molar-refractivity contribution in [2.45, 2.75) is 37.7 Å². The number of hydrogen-bond donors (Lipinski definition) is 2. The van der Waals surface area contributed by atoms with Crippen molar-refractivity contribution in [2.75, 3.05) is 6.54 Å². The Morgan fingerprint density at radius 3 is 2.35 bits per heavy atom. The van der Waals surface area contributed by atoms with Gasteiger partial charge in [0, 0.05) is 6.54 Å². The van der Waals surface area contributed by atoms with Crippen molar-refractivity contribution in [3.63, 3.8) is 0 Å². The first-order valence-corrected chi connectivity index (χ1v) is 7.28. The molecule has 1 rings (SSSR count). The number of hydrogen-bond acceptors (Lipinski definition) is 3. The van der Waals surface area contributed by atoms with Gasteiger partial charge in [-0.2, -0.15) is 0 Å². The number of aliphatic hydroxyl groups excluding tert-OH is 1. The fourth-order valence-corrected chi connectivity index (χ4v) is 2.51. The molecule has 0 radical (unpaired) electrons.